The van der Waals surface area contributed by atoms with E-state index in [-0.39, 0.29) is 15.0 Å². The average molecular weight is 492 g/mol. The molecule has 0 amide bonds. The summed E-state index contributed by atoms with van der Waals surface area (Å²) in [5.41, 5.74) is 3.00. The van der Waals surface area contributed by atoms with E-state index in [4.69, 9.17) is 11.6 Å². The van der Waals surface area contributed by atoms with Gasteiger partial charge >= 0.3 is 0 Å². The van der Waals surface area contributed by atoms with Gasteiger partial charge in [0.15, 0.2) is 0 Å². The molecule has 0 bridgehead atoms. The third kappa shape index (κ3) is 3.94. The molecule has 1 aliphatic rings. The van der Waals surface area contributed by atoms with Gasteiger partial charge in [-0.05, 0) is 61.6 Å². The van der Waals surface area contributed by atoms with Crippen molar-refractivity contribution >= 4 is 34.2 Å². The van der Waals surface area contributed by atoms with Crippen molar-refractivity contribution in [1.29, 1.82) is 0 Å². The highest BCUT2D eigenvalue weighted by Crippen LogP contribution is 2.48. The molecule has 2 aromatic heterocycles. The van der Waals surface area contributed by atoms with Crippen LogP contribution in [0.25, 0.3) is 11.3 Å². The Kier molecular flexibility index (Phi) is 5.32. The molecule has 3 aromatic rings. The number of benzene rings is 1. The number of alkyl halides is 1. The molecule has 27 heavy (non-hydrogen) atoms. The molecule has 4 nitrogen and oxygen atoms in total. The maximum Gasteiger partial charge on any atom is 0.267 e. The van der Waals surface area contributed by atoms with Gasteiger partial charge in [0.05, 0.1) is 11.7 Å². The topological polar surface area (TPSA) is 47.8 Å². The number of hydrogen-bond donors (Lipinski definition) is 0. The molecule has 0 saturated heterocycles. The maximum atomic E-state index is 12.4. The van der Waals surface area contributed by atoms with Gasteiger partial charge in [-0.1, -0.05) is 46.3 Å². The average Bonchev–Trinajstić information content (AvgIpc) is 2.70. The van der Waals surface area contributed by atoms with E-state index in [2.05, 4.69) is 44.8 Å². The van der Waals surface area contributed by atoms with Gasteiger partial charge in [0.2, 0.25) is 0 Å². The van der Waals surface area contributed by atoms with E-state index in [1.807, 2.05) is 24.3 Å². The smallest absolute Gasteiger partial charge is 0.267 e. The van der Waals surface area contributed by atoms with Crippen LogP contribution >= 0.6 is 34.2 Å². The lowest BCUT2D eigenvalue weighted by molar-refractivity contribution is 0.287. The first-order valence-corrected chi connectivity index (χ1v) is 10.5. The predicted molar refractivity (Wildman–Crippen MR) is 116 cm³/mol. The van der Waals surface area contributed by atoms with Crippen LogP contribution in [0.2, 0.25) is 5.02 Å². The van der Waals surface area contributed by atoms with Crippen LogP contribution in [0.15, 0.2) is 65.7 Å². The minimum Gasteiger partial charge on any atom is -0.268 e. The van der Waals surface area contributed by atoms with E-state index < -0.39 is 0 Å². The van der Waals surface area contributed by atoms with E-state index in [1.165, 1.54) is 5.56 Å². The highest BCUT2D eigenvalue weighted by atomic mass is 127. The zero-order valence-corrected chi connectivity index (χ0v) is 17.6. The maximum absolute atomic E-state index is 12.4. The molecule has 1 fully saturated rings. The summed E-state index contributed by atoms with van der Waals surface area (Å²) in [5, 5.41) is 5.43. The second kappa shape index (κ2) is 7.72. The van der Waals surface area contributed by atoms with Crippen LogP contribution in [0.5, 0.6) is 0 Å². The SMILES string of the molecule is O=c1ccc(-c2ccncc2)nn1C1CCC(I)(c2cccc(Cl)c2)CC1. The van der Waals surface area contributed by atoms with Crippen LogP contribution in [-0.4, -0.2) is 14.8 Å². The Hall–Kier alpha value is -1.73. The van der Waals surface area contributed by atoms with Gasteiger partial charge in [-0.15, -0.1) is 0 Å². The molecule has 0 unspecified atom stereocenters. The molecular formula is C21H19ClIN3O. The second-order valence-corrected chi connectivity index (χ2v) is 9.45. The van der Waals surface area contributed by atoms with Gasteiger partial charge < -0.3 is 0 Å². The van der Waals surface area contributed by atoms with Crippen LogP contribution < -0.4 is 5.56 Å². The first-order chi connectivity index (χ1) is 13.0. The second-order valence-electron chi connectivity index (χ2n) is 6.94. The lowest BCUT2D eigenvalue weighted by Gasteiger charge is -2.36. The molecule has 0 spiro atoms. The van der Waals surface area contributed by atoms with Crippen LogP contribution in [0, 0.1) is 0 Å². The zero-order valence-electron chi connectivity index (χ0n) is 14.7. The molecule has 0 N–H and O–H groups in total. The van der Waals surface area contributed by atoms with Gasteiger partial charge in [-0.25, -0.2) is 4.68 Å². The minimum atomic E-state index is -0.0403. The first-order valence-electron chi connectivity index (χ1n) is 9.00. The molecule has 1 aliphatic carbocycles. The Morgan fingerprint density at radius 1 is 1.07 bits per heavy atom. The fourth-order valence-corrected chi connectivity index (χ4v) is 4.87. The number of hydrogen-bond acceptors (Lipinski definition) is 3. The van der Waals surface area contributed by atoms with Crippen molar-refractivity contribution in [2.24, 2.45) is 0 Å². The summed E-state index contributed by atoms with van der Waals surface area (Å²) < 4.78 is 1.73. The molecular weight excluding hydrogens is 473 g/mol. The summed E-state index contributed by atoms with van der Waals surface area (Å²) >= 11 is 8.74. The summed E-state index contributed by atoms with van der Waals surface area (Å²) in [7, 11) is 0. The monoisotopic (exact) mass is 491 g/mol. The largest absolute Gasteiger partial charge is 0.268 e. The van der Waals surface area contributed by atoms with Crippen LogP contribution in [0.4, 0.5) is 0 Å². The molecule has 4 rings (SSSR count). The Balaban J connectivity index is 1.57. The quantitative estimate of drug-likeness (QED) is 0.364. The van der Waals surface area contributed by atoms with E-state index in [0.29, 0.717) is 0 Å². The van der Waals surface area contributed by atoms with Crippen LogP contribution in [0.1, 0.15) is 37.3 Å². The summed E-state index contributed by atoms with van der Waals surface area (Å²) in [4.78, 5) is 16.5. The third-order valence-corrected chi connectivity index (χ3v) is 7.17. The van der Waals surface area contributed by atoms with Crippen molar-refractivity contribution in [3.05, 3.63) is 81.9 Å². The van der Waals surface area contributed by atoms with E-state index in [0.717, 1.165) is 42.0 Å². The lowest BCUT2D eigenvalue weighted by atomic mass is 9.81. The van der Waals surface area contributed by atoms with E-state index >= 15 is 0 Å². The molecule has 138 valence electrons. The van der Waals surface area contributed by atoms with Gasteiger partial charge in [0.1, 0.15) is 0 Å². The lowest BCUT2D eigenvalue weighted by Crippen LogP contribution is -2.33. The molecule has 0 atom stereocenters. The summed E-state index contributed by atoms with van der Waals surface area (Å²) in [6.07, 6.45) is 7.30. The number of pyridine rings is 1. The third-order valence-electron chi connectivity index (χ3n) is 5.24. The van der Waals surface area contributed by atoms with Crippen molar-refractivity contribution < 1.29 is 0 Å². The van der Waals surface area contributed by atoms with E-state index in [1.54, 1.807) is 29.2 Å². The van der Waals surface area contributed by atoms with Crippen molar-refractivity contribution in [1.82, 2.24) is 14.8 Å². The number of rotatable bonds is 3. The summed E-state index contributed by atoms with van der Waals surface area (Å²) in [5.74, 6) is 0. The molecule has 1 aromatic carbocycles. The first kappa shape index (κ1) is 18.6. The standard InChI is InChI=1S/C21H19ClIN3O/c22-17-3-1-2-16(14-17)21(23)10-6-18(7-11-21)26-20(27)5-4-19(25-26)15-8-12-24-13-9-15/h1-5,8-9,12-14,18H,6-7,10-11H2. The Morgan fingerprint density at radius 3 is 2.52 bits per heavy atom. The fourth-order valence-electron chi connectivity index (χ4n) is 3.72. The highest BCUT2D eigenvalue weighted by Gasteiger charge is 2.35. The fraction of sp³-hybridized carbons (Fsp3) is 0.286. The Bertz CT molecular complexity index is 998. The normalized spacial score (nSPS) is 22.5. The van der Waals surface area contributed by atoms with Crippen molar-refractivity contribution in [3.63, 3.8) is 0 Å². The Labute approximate surface area is 176 Å². The summed E-state index contributed by atoms with van der Waals surface area (Å²) in [6.45, 7) is 0. The van der Waals surface area contributed by atoms with Gasteiger partial charge in [-0.3, -0.25) is 9.78 Å². The van der Waals surface area contributed by atoms with Gasteiger partial charge in [0.25, 0.3) is 5.56 Å². The highest BCUT2D eigenvalue weighted by molar-refractivity contribution is 14.1. The van der Waals surface area contributed by atoms with Crippen molar-refractivity contribution in [2.45, 2.75) is 35.1 Å². The summed E-state index contributed by atoms with van der Waals surface area (Å²) in [6, 6.07) is 15.5. The van der Waals surface area contributed by atoms with Crippen molar-refractivity contribution in [2.75, 3.05) is 0 Å². The molecule has 0 aliphatic heterocycles. The number of nitrogens with zero attached hydrogens (tertiary/aromatic N) is 3. The minimum absolute atomic E-state index is 0.0403. The zero-order chi connectivity index (χ0) is 18.9. The molecule has 1 saturated carbocycles. The van der Waals surface area contributed by atoms with Crippen molar-refractivity contribution in [3.8, 4) is 11.3 Å². The molecule has 6 heteroatoms. The van der Waals surface area contributed by atoms with Gasteiger partial charge in [0, 0.05) is 32.5 Å². The number of halogens is 2. The predicted octanol–water partition coefficient (Wildman–Crippen LogP) is 5.40. The van der Waals surface area contributed by atoms with E-state index in [9.17, 15) is 4.79 Å². The molecule has 2 heterocycles. The van der Waals surface area contributed by atoms with Gasteiger partial charge in [-0.2, -0.15) is 5.10 Å². The molecule has 0 radical (unpaired) electrons. The van der Waals surface area contributed by atoms with Crippen LogP contribution in [-0.2, 0) is 3.42 Å². The Morgan fingerprint density at radius 2 is 1.81 bits per heavy atom. The number of aromatic nitrogens is 3. The van der Waals surface area contributed by atoms with Crippen LogP contribution in [0.3, 0.4) is 0 Å².